The van der Waals surface area contributed by atoms with Crippen molar-refractivity contribution >= 4 is 0 Å². The molecule has 74 valence electrons. The third-order valence-electron chi connectivity index (χ3n) is 1.88. The summed E-state index contributed by atoms with van der Waals surface area (Å²) in [6, 6.07) is 0. The quantitative estimate of drug-likeness (QED) is 0.514. The summed E-state index contributed by atoms with van der Waals surface area (Å²) in [4.78, 5) is 2.34. The van der Waals surface area contributed by atoms with E-state index in [-0.39, 0.29) is 0 Å². The van der Waals surface area contributed by atoms with Crippen LogP contribution < -0.4 is 0 Å². The lowest BCUT2D eigenvalue weighted by Gasteiger charge is -2.17. The Morgan fingerprint density at radius 2 is 1.67 bits per heavy atom. The van der Waals surface area contributed by atoms with Gasteiger partial charge in [0.15, 0.2) is 0 Å². The van der Waals surface area contributed by atoms with E-state index in [1.165, 1.54) is 0 Å². The number of hydrogen-bond acceptors (Lipinski definition) is 3. The normalized spacial score (nSPS) is 11.0. The van der Waals surface area contributed by atoms with Crippen LogP contribution in [0.4, 0.5) is 0 Å². The summed E-state index contributed by atoms with van der Waals surface area (Å²) in [5.41, 5.74) is 0. The van der Waals surface area contributed by atoms with Crippen LogP contribution in [-0.4, -0.2) is 51.5 Å². The van der Waals surface area contributed by atoms with Crippen LogP contribution in [0.1, 0.15) is 13.8 Å². The Balaban J connectivity index is 3.06. The molecule has 0 aromatic carbocycles. The topological polar surface area (TPSA) is 21.7 Å². The molecule has 0 N–H and O–H groups in total. The van der Waals surface area contributed by atoms with Gasteiger partial charge in [-0.3, -0.25) is 0 Å². The van der Waals surface area contributed by atoms with E-state index >= 15 is 0 Å². The number of ether oxygens (including phenoxy) is 2. The average molecular weight is 175 g/mol. The number of nitrogens with zero attached hydrogens (tertiary/aromatic N) is 1. The summed E-state index contributed by atoms with van der Waals surface area (Å²) in [5.74, 6) is 0. The molecule has 0 bridgehead atoms. The summed E-state index contributed by atoms with van der Waals surface area (Å²) in [6.07, 6.45) is 0. The predicted octanol–water partition coefficient (Wildman–Crippen LogP) is 0.991. The second-order valence-corrected chi connectivity index (χ2v) is 2.63. The Bertz CT molecular complexity index is 84.6. The fourth-order valence-corrected chi connectivity index (χ4v) is 0.978. The molecule has 0 spiro atoms. The second-order valence-electron chi connectivity index (χ2n) is 2.63. The Kier molecular flexibility index (Phi) is 8.88. The van der Waals surface area contributed by atoms with Crippen molar-refractivity contribution < 1.29 is 9.47 Å². The van der Waals surface area contributed by atoms with Gasteiger partial charge in [-0.25, -0.2) is 0 Å². The van der Waals surface area contributed by atoms with Crippen LogP contribution in [0.25, 0.3) is 0 Å². The first-order valence-electron chi connectivity index (χ1n) is 4.64. The molecule has 12 heavy (non-hydrogen) atoms. The molecule has 0 aromatic heterocycles. The van der Waals surface area contributed by atoms with E-state index in [0.29, 0.717) is 13.2 Å². The van der Waals surface area contributed by atoms with Crippen molar-refractivity contribution in [3.8, 4) is 0 Å². The van der Waals surface area contributed by atoms with Gasteiger partial charge < -0.3 is 14.4 Å². The molecule has 0 aliphatic heterocycles. The molecule has 0 radical (unpaired) electrons. The zero-order valence-corrected chi connectivity index (χ0v) is 8.51. The molecule has 0 saturated carbocycles. The molecule has 0 aromatic rings. The maximum atomic E-state index is 5.34. The van der Waals surface area contributed by atoms with Gasteiger partial charge in [-0.2, -0.15) is 0 Å². The molecular formula is C9H21NO2. The van der Waals surface area contributed by atoms with Crippen LogP contribution in [0.15, 0.2) is 0 Å². The second kappa shape index (κ2) is 8.97. The molecule has 0 heterocycles. The molecule has 0 unspecified atom stereocenters. The molecule has 0 amide bonds. The van der Waals surface area contributed by atoms with Crippen molar-refractivity contribution in [1.82, 2.24) is 4.90 Å². The van der Waals surface area contributed by atoms with Crippen molar-refractivity contribution in [1.29, 1.82) is 0 Å². The largest absolute Gasteiger partial charge is 0.382 e. The van der Waals surface area contributed by atoms with Crippen molar-refractivity contribution in [2.75, 3.05) is 46.6 Å². The van der Waals surface area contributed by atoms with Crippen LogP contribution >= 0.6 is 0 Å². The predicted molar refractivity (Wildman–Crippen MR) is 50.5 cm³/mol. The highest BCUT2D eigenvalue weighted by molar-refractivity contribution is 4.49. The van der Waals surface area contributed by atoms with E-state index in [0.717, 1.165) is 26.2 Å². The Morgan fingerprint density at radius 1 is 1.00 bits per heavy atom. The van der Waals surface area contributed by atoms with Crippen LogP contribution in [-0.2, 0) is 9.47 Å². The van der Waals surface area contributed by atoms with Gasteiger partial charge >= 0.3 is 0 Å². The Morgan fingerprint density at radius 3 is 2.17 bits per heavy atom. The maximum Gasteiger partial charge on any atom is 0.0700 e. The number of likely N-dealkylation sites (N-methyl/N-ethyl adjacent to an activating group) is 1. The van der Waals surface area contributed by atoms with Gasteiger partial charge in [0.05, 0.1) is 19.8 Å². The lowest BCUT2D eigenvalue weighted by Crippen LogP contribution is -2.27. The highest BCUT2D eigenvalue weighted by atomic mass is 16.5. The smallest absolute Gasteiger partial charge is 0.0700 e. The highest BCUT2D eigenvalue weighted by Crippen LogP contribution is 1.86. The molecule has 0 rings (SSSR count). The van der Waals surface area contributed by atoms with Gasteiger partial charge in [-0.05, 0) is 13.1 Å². The maximum absolute atomic E-state index is 5.34. The number of hydrogen-bond donors (Lipinski definition) is 0. The summed E-state index contributed by atoms with van der Waals surface area (Å²) in [5, 5.41) is 0. The zero-order valence-electron chi connectivity index (χ0n) is 8.51. The third-order valence-corrected chi connectivity index (χ3v) is 1.88. The Hall–Kier alpha value is -0.120. The van der Waals surface area contributed by atoms with Gasteiger partial charge in [0.2, 0.25) is 0 Å². The minimum Gasteiger partial charge on any atom is -0.382 e. The minimum atomic E-state index is 0.693. The van der Waals surface area contributed by atoms with E-state index in [1.807, 2.05) is 0 Å². The highest BCUT2D eigenvalue weighted by Gasteiger charge is 1.97. The van der Waals surface area contributed by atoms with Gasteiger partial charge in [0.1, 0.15) is 0 Å². The van der Waals surface area contributed by atoms with Gasteiger partial charge in [0.25, 0.3) is 0 Å². The SMILES string of the molecule is CCN(CC)CCOCCOC. The lowest BCUT2D eigenvalue weighted by molar-refractivity contribution is 0.0586. The first-order valence-corrected chi connectivity index (χ1v) is 4.64. The van der Waals surface area contributed by atoms with Crippen LogP contribution in [0.5, 0.6) is 0 Å². The monoisotopic (exact) mass is 175 g/mol. The summed E-state index contributed by atoms with van der Waals surface area (Å²) in [6.45, 7) is 9.77. The summed E-state index contributed by atoms with van der Waals surface area (Å²) >= 11 is 0. The molecule has 0 aliphatic rings. The van der Waals surface area contributed by atoms with E-state index in [9.17, 15) is 0 Å². The Labute approximate surface area is 75.6 Å². The van der Waals surface area contributed by atoms with Crippen molar-refractivity contribution in [2.24, 2.45) is 0 Å². The average Bonchev–Trinajstić information content (AvgIpc) is 2.11. The molecule has 0 aliphatic carbocycles. The fraction of sp³-hybridized carbons (Fsp3) is 1.00. The molecular weight excluding hydrogens is 154 g/mol. The van der Waals surface area contributed by atoms with Crippen molar-refractivity contribution in [2.45, 2.75) is 13.8 Å². The van der Waals surface area contributed by atoms with Gasteiger partial charge in [0, 0.05) is 13.7 Å². The van der Waals surface area contributed by atoms with E-state index in [4.69, 9.17) is 9.47 Å². The van der Waals surface area contributed by atoms with Crippen LogP contribution in [0.2, 0.25) is 0 Å². The number of rotatable bonds is 8. The third kappa shape index (κ3) is 6.58. The fourth-order valence-electron chi connectivity index (χ4n) is 0.978. The molecule has 0 fully saturated rings. The molecule has 0 saturated heterocycles. The number of methoxy groups -OCH3 is 1. The zero-order chi connectivity index (χ0) is 9.23. The standard InChI is InChI=1S/C9H21NO2/c1-4-10(5-2)6-7-12-9-8-11-3/h4-9H2,1-3H3. The summed E-state index contributed by atoms with van der Waals surface area (Å²) in [7, 11) is 1.69. The van der Waals surface area contributed by atoms with E-state index in [1.54, 1.807) is 7.11 Å². The van der Waals surface area contributed by atoms with Crippen LogP contribution in [0, 0.1) is 0 Å². The van der Waals surface area contributed by atoms with E-state index in [2.05, 4.69) is 18.7 Å². The van der Waals surface area contributed by atoms with Crippen molar-refractivity contribution in [3.63, 3.8) is 0 Å². The minimum absolute atomic E-state index is 0.693. The van der Waals surface area contributed by atoms with Gasteiger partial charge in [-0.1, -0.05) is 13.8 Å². The molecule has 0 atom stereocenters. The first-order chi connectivity index (χ1) is 5.85. The van der Waals surface area contributed by atoms with Gasteiger partial charge in [-0.15, -0.1) is 0 Å². The summed E-state index contributed by atoms with van der Waals surface area (Å²) < 4.78 is 10.2. The van der Waals surface area contributed by atoms with Crippen molar-refractivity contribution in [3.05, 3.63) is 0 Å². The van der Waals surface area contributed by atoms with E-state index < -0.39 is 0 Å². The lowest BCUT2D eigenvalue weighted by atomic mass is 10.5. The molecule has 3 nitrogen and oxygen atoms in total. The molecule has 3 heteroatoms. The first kappa shape index (κ1) is 11.9. The van der Waals surface area contributed by atoms with Crippen LogP contribution in [0.3, 0.4) is 0 Å².